The van der Waals surface area contributed by atoms with Crippen LogP contribution in [0.15, 0.2) is 36.8 Å². The zero-order valence-corrected chi connectivity index (χ0v) is 19.8. The normalized spacial score (nSPS) is 25.3. The third kappa shape index (κ3) is 3.85. The molecule has 0 aliphatic heterocycles. The van der Waals surface area contributed by atoms with Crippen LogP contribution < -0.4 is 15.4 Å². The summed E-state index contributed by atoms with van der Waals surface area (Å²) in [4.78, 5) is 16.4. The van der Waals surface area contributed by atoms with Crippen LogP contribution in [0.4, 0.5) is 5.82 Å². The van der Waals surface area contributed by atoms with Crippen LogP contribution in [0.3, 0.4) is 0 Å². The van der Waals surface area contributed by atoms with E-state index in [1.807, 2.05) is 31.3 Å². The number of hydrogen-bond acceptors (Lipinski definition) is 6. The molecule has 8 nitrogen and oxygen atoms in total. The largest absolute Gasteiger partial charge is 0.492 e. The first-order chi connectivity index (χ1) is 16.4. The van der Waals surface area contributed by atoms with E-state index in [-0.39, 0.29) is 11.4 Å². The number of amides is 1. The van der Waals surface area contributed by atoms with Gasteiger partial charge in [0.25, 0.3) is 0 Å². The average Bonchev–Trinajstić information content (AvgIpc) is 3.25. The van der Waals surface area contributed by atoms with Crippen LogP contribution in [-0.2, 0) is 4.79 Å². The molecule has 3 heterocycles. The number of fused-ring (bicyclic) bond motifs is 3. The van der Waals surface area contributed by atoms with E-state index < -0.39 is 0 Å². The molecule has 34 heavy (non-hydrogen) atoms. The Morgan fingerprint density at radius 2 is 2.09 bits per heavy atom. The van der Waals surface area contributed by atoms with Crippen LogP contribution in [0.5, 0.6) is 5.75 Å². The second-order valence-corrected chi connectivity index (χ2v) is 9.57. The number of rotatable bonds is 7. The fourth-order valence-corrected chi connectivity index (χ4v) is 5.92. The van der Waals surface area contributed by atoms with Crippen molar-refractivity contribution in [2.45, 2.75) is 58.0 Å². The van der Waals surface area contributed by atoms with Gasteiger partial charge in [0, 0.05) is 35.8 Å². The highest BCUT2D eigenvalue weighted by atomic mass is 16.5. The number of anilines is 1. The first kappa shape index (κ1) is 22.2. The minimum absolute atomic E-state index is 0.0600. The molecule has 2 bridgehead atoms. The summed E-state index contributed by atoms with van der Waals surface area (Å²) in [5, 5.41) is 20.7. The Bertz CT molecular complexity index is 1250. The van der Waals surface area contributed by atoms with Crippen LogP contribution in [0, 0.1) is 23.2 Å². The Kier molecular flexibility index (Phi) is 5.64. The molecule has 5 rings (SSSR count). The zero-order valence-electron chi connectivity index (χ0n) is 19.8. The Labute approximate surface area is 199 Å². The lowest BCUT2D eigenvalue weighted by Gasteiger charge is -2.57. The summed E-state index contributed by atoms with van der Waals surface area (Å²) >= 11 is 0. The first-order valence-electron chi connectivity index (χ1n) is 12.0. The fourth-order valence-electron chi connectivity index (χ4n) is 5.92. The summed E-state index contributed by atoms with van der Waals surface area (Å²) < 4.78 is 7.40. The summed E-state index contributed by atoms with van der Waals surface area (Å²) in [5.74, 6) is 2.68. The first-order valence-corrected chi connectivity index (χ1v) is 12.0. The molecule has 3 aromatic heterocycles. The predicted octanol–water partition coefficient (Wildman–Crippen LogP) is 4.16. The summed E-state index contributed by atoms with van der Waals surface area (Å²) in [5.41, 5.74) is 2.97. The van der Waals surface area contributed by atoms with Crippen LogP contribution in [0.2, 0.25) is 0 Å². The molecule has 0 spiro atoms. The van der Waals surface area contributed by atoms with Crippen molar-refractivity contribution in [1.29, 1.82) is 5.26 Å². The molecule has 0 saturated heterocycles. The minimum atomic E-state index is -0.0600. The van der Waals surface area contributed by atoms with Crippen molar-refractivity contribution >= 4 is 17.2 Å². The number of nitriles is 1. The van der Waals surface area contributed by atoms with Crippen LogP contribution in [0.25, 0.3) is 16.6 Å². The molecule has 2 unspecified atom stereocenters. The van der Waals surface area contributed by atoms with Gasteiger partial charge in [0.15, 0.2) is 0 Å². The lowest BCUT2D eigenvalue weighted by atomic mass is 9.54. The summed E-state index contributed by atoms with van der Waals surface area (Å²) in [6, 6.07) is 8.58. The second-order valence-electron chi connectivity index (χ2n) is 9.57. The number of nitrogens with one attached hydrogen (secondary N) is 2. The summed E-state index contributed by atoms with van der Waals surface area (Å²) in [6.45, 7) is 6.26. The molecule has 3 aromatic rings. The van der Waals surface area contributed by atoms with Gasteiger partial charge >= 0.3 is 0 Å². The maximum Gasteiger partial charge on any atom is 0.217 e. The standard InChI is InChI=1S/C26H30N6O2/c1-4-26(31-16(3)33)10-18-8-19(11-26)24(18)30-23-7-6-17(13-28-23)22-9-21(34-5-2)15-32-25(22)20(12-27)14-29-32/h6-7,9,13-15,18-19,24H,4-5,8,10-11H2,1-3H3,(H,28,30)(H,31,33). The number of aromatic nitrogens is 3. The molecular weight excluding hydrogens is 428 g/mol. The fraction of sp³-hybridized carbons (Fsp3) is 0.462. The Hall–Kier alpha value is -3.60. The molecule has 2 fully saturated rings. The van der Waals surface area contributed by atoms with E-state index in [9.17, 15) is 10.1 Å². The number of ether oxygens (including phenoxy) is 1. The molecule has 0 radical (unpaired) electrons. The van der Waals surface area contributed by atoms with E-state index in [0.717, 1.165) is 41.7 Å². The minimum Gasteiger partial charge on any atom is -0.492 e. The van der Waals surface area contributed by atoms with Gasteiger partial charge in [-0.25, -0.2) is 9.50 Å². The number of carbonyl (C=O) groups is 1. The van der Waals surface area contributed by atoms with E-state index in [1.165, 1.54) is 6.42 Å². The Morgan fingerprint density at radius 1 is 1.29 bits per heavy atom. The van der Waals surface area contributed by atoms with Gasteiger partial charge in [-0.3, -0.25) is 4.79 Å². The van der Waals surface area contributed by atoms with Crippen molar-refractivity contribution in [2.24, 2.45) is 11.8 Å². The highest BCUT2D eigenvalue weighted by molar-refractivity contribution is 5.85. The van der Waals surface area contributed by atoms with Crippen molar-refractivity contribution in [3.63, 3.8) is 0 Å². The molecule has 2 saturated carbocycles. The smallest absolute Gasteiger partial charge is 0.217 e. The number of pyridine rings is 2. The van der Waals surface area contributed by atoms with Crippen molar-refractivity contribution in [3.8, 4) is 22.9 Å². The van der Waals surface area contributed by atoms with Gasteiger partial charge in [0.2, 0.25) is 5.91 Å². The Balaban J connectivity index is 1.36. The van der Waals surface area contributed by atoms with Crippen LogP contribution >= 0.6 is 0 Å². The SMILES string of the molecule is CCOc1cc(-c2ccc(NC3C4CC3CC(CC)(NC(C)=O)C4)nc2)c2c(C#N)cnn2c1. The zero-order chi connectivity index (χ0) is 23.9. The molecule has 2 aliphatic carbocycles. The van der Waals surface area contributed by atoms with Gasteiger partial charge in [0.1, 0.15) is 17.6 Å². The van der Waals surface area contributed by atoms with Gasteiger partial charge in [0.05, 0.1) is 30.1 Å². The number of hydrogen-bond donors (Lipinski definition) is 2. The second kappa shape index (κ2) is 8.64. The Morgan fingerprint density at radius 3 is 2.71 bits per heavy atom. The van der Waals surface area contributed by atoms with Gasteiger partial charge < -0.3 is 15.4 Å². The number of carbonyl (C=O) groups excluding carboxylic acids is 1. The molecule has 0 aromatic carbocycles. The van der Waals surface area contributed by atoms with Gasteiger partial charge in [-0.15, -0.1) is 0 Å². The van der Waals surface area contributed by atoms with Crippen molar-refractivity contribution in [2.75, 3.05) is 11.9 Å². The van der Waals surface area contributed by atoms with Gasteiger partial charge in [-0.1, -0.05) is 6.92 Å². The van der Waals surface area contributed by atoms with Gasteiger partial charge in [-0.2, -0.15) is 10.4 Å². The molecular formula is C26H30N6O2. The molecule has 2 aliphatic rings. The number of nitrogens with zero attached hydrogens (tertiary/aromatic N) is 4. The molecule has 8 heteroatoms. The topological polar surface area (TPSA) is 104 Å². The van der Waals surface area contributed by atoms with Crippen molar-refractivity contribution in [1.82, 2.24) is 19.9 Å². The summed E-state index contributed by atoms with van der Waals surface area (Å²) in [6.07, 6.45) is 9.39. The average molecular weight is 459 g/mol. The van der Waals surface area contributed by atoms with Gasteiger partial charge in [-0.05, 0) is 62.6 Å². The highest BCUT2D eigenvalue weighted by Crippen LogP contribution is 2.52. The maximum atomic E-state index is 11.7. The molecule has 2 atom stereocenters. The van der Waals surface area contributed by atoms with E-state index in [0.29, 0.717) is 35.8 Å². The molecule has 176 valence electrons. The summed E-state index contributed by atoms with van der Waals surface area (Å²) in [7, 11) is 0. The molecule has 2 N–H and O–H groups in total. The third-order valence-corrected chi connectivity index (χ3v) is 7.45. The van der Waals surface area contributed by atoms with Crippen LogP contribution in [0.1, 0.15) is 52.0 Å². The van der Waals surface area contributed by atoms with Crippen molar-refractivity contribution < 1.29 is 9.53 Å². The van der Waals surface area contributed by atoms with Crippen LogP contribution in [-0.4, -0.2) is 38.7 Å². The lowest BCUT2D eigenvalue weighted by molar-refractivity contribution is -0.123. The monoisotopic (exact) mass is 458 g/mol. The van der Waals surface area contributed by atoms with E-state index in [2.05, 4.69) is 28.7 Å². The molecule has 1 amide bonds. The van der Waals surface area contributed by atoms with E-state index in [4.69, 9.17) is 9.72 Å². The maximum absolute atomic E-state index is 11.7. The third-order valence-electron chi connectivity index (χ3n) is 7.45. The van der Waals surface area contributed by atoms with E-state index in [1.54, 1.807) is 23.8 Å². The lowest BCUT2D eigenvalue weighted by Crippen LogP contribution is -2.63. The quantitative estimate of drug-likeness (QED) is 0.551. The van der Waals surface area contributed by atoms with E-state index >= 15 is 0 Å². The van der Waals surface area contributed by atoms with Crippen molar-refractivity contribution in [3.05, 3.63) is 42.4 Å². The highest BCUT2D eigenvalue weighted by Gasteiger charge is 2.53. The predicted molar refractivity (Wildman–Crippen MR) is 129 cm³/mol.